The summed E-state index contributed by atoms with van der Waals surface area (Å²) in [5.41, 5.74) is 4.00. The van der Waals surface area contributed by atoms with Gasteiger partial charge in [0.15, 0.2) is 6.04 Å². The molecule has 3 aromatic rings. The van der Waals surface area contributed by atoms with Crippen LogP contribution in [-0.2, 0) is 9.59 Å². The van der Waals surface area contributed by atoms with Gasteiger partial charge in [0.1, 0.15) is 6.04 Å². The highest BCUT2D eigenvalue weighted by Gasteiger charge is 2.22. The summed E-state index contributed by atoms with van der Waals surface area (Å²) in [4.78, 5) is 24.8. The second-order valence-corrected chi connectivity index (χ2v) is 7.87. The van der Waals surface area contributed by atoms with Crippen molar-refractivity contribution >= 4 is 28.3 Å². The third-order valence-corrected chi connectivity index (χ3v) is 5.47. The predicted octanol–water partition coefficient (Wildman–Crippen LogP) is 3.22. The molecule has 156 valence electrons. The maximum atomic E-state index is 12.5. The Balaban J connectivity index is 1.56. The molecule has 2 amide bonds. The summed E-state index contributed by atoms with van der Waals surface area (Å²) in [7, 11) is 0. The quantitative estimate of drug-likeness (QED) is 0.566. The minimum absolute atomic E-state index is 0.0482. The molecule has 0 radical (unpaired) electrons. The van der Waals surface area contributed by atoms with E-state index in [0.29, 0.717) is 0 Å². The van der Waals surface area contributed by atoms with E-state index in [1.165, 1.54) is 16.3 Å². The van der Waals surface area contributed by atoms with Gasteiger partial charge in [0.05, 0.1) is 6.54 Å². The average molecular weight is 405 g/mol. The molecule has 0 aromatic heterocycles. The summed E-state index contributed by atoms with van der Waals surface area (Å²) in [6.07, 6.45) is 0. The SMILES string of the molecule is Cc1cccc(C)c1NC(=O)CNC(=O)[C@H](C)[NH2+][C@H](C)c1cccc2ccccc12. The van der Waals surface area contributed by atoms with Crippen molar-refractivity contribution < 1.29 is 14.9 Å². The van der Waals surface area contributed by atoms with Crippen molar-refractivity contribution in [3.63, 3.8) is 0 Å². The van der Waals surface area contributed by atoms with Gasteiger partial charge in [-0.3, -0.25) is 9.59 Å². The summed E-state index contributed by atoms with van der Waals surface area (Å²) in [5, 5.41) is 10.1. The van der Waals surface area contributed by atoms with Gasteiger partial charge in [-0.05, 0) is 49.6 Å². The summed E-state index contributed by atoms with van der Waals surface area (Å²) < 4.78 is 0. The molecule has 4 N–H and O–H groups in total. The number of amides is 2. The molecule has 0 fully saturated rings. The molecule has 0 spiro atoms. The molecular formula is C25H30N3O2+. The lowest BCUT2D eigenvalue weighted by atomic mass is 9.99. The topological polar surface area (TPSA) is 74.8 Å². The highest BCUT2D eigenvalue weighted by molar-refractivity contribution is 5.96. The number of fused-ring (bicyclic) bond motifs is 1. The van der Waals surface area contributed by atoms with E-state index >= 15 is 0 Å². The third-order valence-electron chi connectivity index (χ3n) is 5.47. The second-order valence-electron chi connectivity index (χ2n) is 7.87. The van der Waals surface area contributed by atoms with Gasteiger partial charge in [0.25, 0.3) is 5.91 Å². The normalized spacial score (nSPS) is 12.9. The van der Waals surface area contributed by atoms with Crippen molar-refractivity contribution in [3.8, 4) is 0 Å². The molecule has 5 heteroatoms. The Morgan fingerprint density at radius 1 is 0.900 bits per heavy atom. The van der Waals surface area contributed by atoms with E-state index in [4.69, 9.17) is 0 Å². The average Bonchev–Trinajstić information content (AvgIpc) is 2.74. The molecule has 0 aliphatic heterocycles. The molecule has 30 heavy (non-hydrogen) atoms. The first-order valence-corrected chi connectivity index (χ1v) is 10.3. The number of rotatable bonds is 7. The van der Waals surface area contributed by atoms with Gasteiger partial charge >= 0.3 is 0 Å². The van der Waals surface area contributed by atoms with Crippen LogP contribution >= 0.6 is 0 Å². The first kappa shape index (κ1) is 21.5. The van der Waals surface area contributed by atoms with Crippen LogP contribution in [0.2, 0.25) is 0 Å². The van der Waals surface area contributed by atoms with Crippen molar-refractivity contribution in [2.45, 2.75) is 39.8 Å². The smallest absolute Gasteiger partial charge is 0.278 e. The molecule has 0 bridgehead atoms. The fourth-order valence-corrected chi connectivity index (χ4v) is 3.80. The lowest BCUT2D eigenvalue weighted by Crippen LogP contribution is -2.92. The van der Waals surface area contributed by atoms with Crippen LogP contribution in [0, 0.1) is 13.8 Å². The molecule has 0 heterocycles. The number of anilines is 1. The Morgan fingerprint density at radius 3 is 2.27 bits per heavy atom. The van der Waals surface area contributed by atoms with Gasteiger partial charge in [0, 0.05) is 11.3 Å². The molecule has 0 saturated carbocycles. The molecule has 0 saturated heterocycles. The van der Waals surface area contributed by atoms with Crippen LogP contribution in [0.15, 0.2) is 60.7 Å². The monoisotopic (exact) mass is 404 g/mol. The number of nitrogens with one attached hydrogen (secondary N) is 2. The third kappa shape index (κ3) is 5.05. The van der Waals surface area contributed by atoms with Crippen molar-refractivity contribution in [2.24, 2.45) is 0 Å². The Bertz CT molecular complexity index is 1040. The Labute approximate surface area is 177 Å². The lowest BCUT2D eigenvalue weighted by Gasteiger charge is -2.18. The van der Waals surface area contributed by atoms with Gasteiger partial charge in [-0.15, -0.1) is 0 Å². The number of para-hydroxylation sites is 1. The zero-order valence-electron chi connectivity index (χ0n) is 18.0. The fraction of sp³-hybridized carbons (Fsp3) is 0.280. The standard InChI is InChI=1S/C25H29N3O2/c1-16-9-7-10-17(2)24(16)28-23(29)15-26-25(30)19(4)27-18(3)21-14-8-12-20-11-5-6-13-22(20)21/h5-14,18-19,27H,15H2,1-4H3,(H,26,30)(H,28,29)/p+1/t18-,19+/m1/s1. The van der Waals surface area contributed by atoms with Crippen LogP contribution in [0.1, 0.15) is 36.6 Å². The predicted molar refractivity (Wildman–Crippen MR) is 121 cm³/mol. The number of hydrogen-bond acceptors (Lipinski definition) is 2. The first-order chi connectivity index (χ1) is 14.4. The highest BCUT2D eigenvalue weighted by atomic mass is 16.2. The number of nitrogens with two attached hydrogens (primary N) is 1. The van der Waals surface area contributed by atoms with Gasteiger partial charge in [-0.2, -0.15) is 0 Å². The number of quaternary nitrogens is 1. The summed E-state index contributed by atoms with van der Waals surface area (Å²) in [6, 6.07) is 20.2. The molecule has 2 atom stereocenters. The van der Waals surface area contributed by atoms with E-state index in [-0.39, 0.29) is 30.4 Å². The Morgan fingerprint density at radius 2 is 1.53 bits per heavy atom. The van der Waals surface area contributed by atoms with Crippen molar-refractivity contribution in [3.05, 3.63) is 77.4 Å². The highest BCUT2D eigenvalue weighted by Crippen LogP contribution is 2.22. The van der Waals surface area contributed by atoms with E-state index in [2.05, 4.69) is 41.8 Å². The van der Waals surface area contributed by atoms with Crippen LogP contribution in [0.4, 0.5) is 5.69 Å². The zero-order chi connectivity index (χ0) is 21.7. The Hall–Kier alpha value is -3.18. The minimum Gasteiger partial charge on any atom is -0.342 e. The van der Waals surface area contributed by atoms with Gasteiger partial charge in [-0.1, -0.05) is 60.7 Å². The largest absolute Gasteiger partial charge is 0.342 e. The molecule has 0 aliphatic carbocycles. The number of aryl methyl sites for hydroxylation is 2. The van der Waals surface area contributed by atoms with Crippen molar-refractivity contribution in [2.75, 3.05) is 11.9 Å². The summed E-state index contributed by atoms with van der Waals surface area (Å²) >= 11 is 0. The van der Waals surface area contributed by atoms with Crippen molar-refractivity contribution in [1.82, 2.24) is 5.32 Å². The van der Waals surface area contributed by atoms with Crippen LogP contribution < -0.4 is 16.0 Å². The van der Waals surface area contributed by atoms with Crippen LogP contribution in [0.3, 0.4) is 0 Å². The molecule has 3 rings (SSSR count). The number of hydrogen-bond donors (Lipinski definition) is 3. The number of carbonyl (C=O) groups is 2. The molecule has 5 nitrogen and oxygen atoms in total. The number of benzene rings is 3. The summed E-state index contributed by atoms with van der Waals surface area (Å²) in [5.74, 6) is -0.381. The van der Waals surface area contributed by atoms with E-state index < -0.39 is 0 Å². The summed E-state index contributed by atoms with van der Waals surface area (Å²) in [6.45, 7) is 7.81. The maximum Gasteiger partial charge on any atom is 0.278 e. The molecule has 0 aliphatic rings. The molecule has 3 aromatic carbocycles. The Kier molecular flexibility index (Phi) is 6.85. The van der Waals surface area contributed by atoms with E-state index in [1.54, 1.807) is 0 Å². The van der Waals surface area contributed by atoms with E-state index in [9.17, 15) is 9.59 Å². The first-order valence-electron chi connectivity index (χ1n) is 10.3. The number of carbonyl (C=O) groups excluding carboxylic acids is 2. The van der Waals surface area contributed by atoms with Crippen LogP contribution in [0.5, 0.6) is 0 Å². The minimum atomic E-state index is -0.313. The van der Waals surface area contributed by atoms with Gasteiger partial charge < -0.3 is 16.0 Å². The molecule has 0 unspecified atom stereocenters. The van der Waals surface area contributed by atoms with Crippen LogP contribution in [0.25, 0.3) is 10.8 Å². The maximum absolute atomic E-state index is 12.5. The van der Waals surface area contributed by atoms with E-state index in [0.717, 1.165) is 16.8 Å². The fourth-order valence-electron chi connectivity index (χ4n) is 3.80. The van der Waals surface area contributed by atoms with Crippen molar-refractivity contribution in [1.29, 1.82) is 0 Å². The zero-order valence-corrected chi connectivity index (χ0v) is 18.0. The second kappa shape index (κ2) is 9.55. The van der Waals surface area contributed by atoms with Crippen LogP contribution in [-0.4, -0.2) is 24.4 Å². The van der Waals surface area contributed by atoms with Gasteiger partial charge in [0.2, 0.25) is 5.91 Å². The lowest BCUT2D eigenvalue weighted by molar-refractivity contribution is -0.710. The van der Waals surface area contributed by atoms with E-state index in [1.807, 2.05) is 62.5 Å². The molecular weight excluding hydrogens is 374 g/mol. The van der Waals surface area contributed by atoms with Gasteiger partial charge in [-0.25, -0.2) is 0 Å².